The van der Waals surface area contributed by atoms with Crippen molar-refractivity contribution in [2.24, 2.45) is 4.99 Å². The molecule has 1 aromatic rings. The third-order valence-corrected chi connectivity index (χ3v) is 3.91. The monoisotopic (exact) mass is 327 g/mol. The quantitative estimate of drug-likeness (QED) is 0.426. The smallest absolute Gasteiger partial charge is 0.191 e. The number of guanidine groups is 1. The fraction of sp³-hybridized carbons (Fsp3) is 0.533. The van der Waals surface area contributed by atoms with Gasteiger partial charge in [0.15, 0.2) is 5.96 Å². The Hall–Kier alpha value is -1.76. The summed E-state index contributed by atoms with van der Waals surface area (Å²) in [6.45, 7) is 3.82. The van der Waals surface area contributed by atoms with Crippen molar-refractivity contribution < 1.29 is 13.2 Å². The average Bonchev–Trinajstić information content (AvgIpc) is 2.48. The number of ether oxygens (including phenoxy) is 1. The Morgan fingerprint density at radius 3 is 2.73 bits per heavy atom. The van der Waals surface area contributed by atoms with Crippen LogP contribution in [0.4, 0.5) is 0 Å². The average molecular weight is 327 g/mol. The molecule has 0 heterocycles. The maximum atomic E-state index is 11.1. The van der Waals surface area contributed by atoms with Crippen LogP contribution in [0.2, 0.25) is 0 Å². The zero-order valence-electron chi connectivity index (χ0n) is 13.4. The molecule has 0 fully saturated rings. The minimum atomic E-state index is -2.91. The number of benzene rings is 1. The van der Waals surface area contributed by atoms with Gasteiger partial charge < -0.3 is 15.4 Å². The molecule has 1 aromatic carbocycles. The van der Waals surface area contributed by atoms with E-state index in [0.29, 0.717) is 25.5 Å². The van der Waals surface area contributed by atoms with Crippen molar-refractivity contribution in [3.05, 3.63) is 29.8 Å². The summed E-state index contributed by atoms with van der Waals surface area (Å²) in [6, 6.07) is 7.74. The third kappa shape index (κ3) is 7.87. The summed E-state index contributed by atoms with van der Waals surface area (Å²) in [7, 11) is -1.28. The van der Waals surface area contributed by atoms with Gasteiger partial charge in [0.25, 0.3) is 0 Å². The van der Waals surface area contributed by atoms with Crippen LogP contribution < -0.4 is 15.4 Å². The van der Waals surface area contributed by atoms with Gasteiger partial charge >= 0.3 is 0 Å². The van der Waals surface area contributed by atoms with Crippen LogP contribution in [-0.4, -0.2) is 46.6 Å². The first-order valence-corrected chi connectivity index (χ1v) is 9.33. The molecule has 0 saturated carbocycles. The van der Waals surface area contributed by atoms with Crippen LogP contribution in [-0.2, 0) is 16.4 Å². The molecular formula is C15H25N3O3S. The topological polar surface area (TPSA) is 79.8 Å². The van der Waals surface area contributed by atoms with E-state index in [0.717, 1.165) is 17.9 Å². The molecule has 7 heteroatoms. The molecule has 0 aromatic heterocycles. The van der Waals surface area contributed by atoms with Crippen LogP contribution in [0.1, 0.15) is 18.9 Å². The van der Waals surface area contributed by atoms with Crippen LogP contribution in [0.5, 0.6) is 5.75 Å². The first kappa shape index (κ1) is 18.3. The van der Waals surface area contributed by atoms with Crippen molar-refractivity contribution >= 4 is 15.8 Å². The molecular weight excluding hydrogens is 302 g/mol. The third-order valence-electron chi connectivity index (χ3n) is 2.88. The molecule has 0 saturated heterocycles. The summed E-state index contributed by atoms with van der Waals surface area (Å²) in [5, 5.41) is 6.27. The lowest BCUT2D eigenvalue weighted by Gasteiger charge is -2.11. The van der Waals surface area contributed by atoms with Gasteiger partial charge in [-0.2, -0.15) is 0 Å². The van der Waals surface area contributed by atoms with Crippen LogP contribution in [0.3, 0.4) is 0 Å². The number of aliphatic imine (C=N–C) groups is 1. The number of methoxy groups -OCH3 is 1. The minimum Gasteiger partial charge on any atom is -0.497 e. The largest absolute Gasteiger partial charge is 0.497 e. The molecule has 0 spiro atoms. The fourth-order valence-corrected chi connectivity index (χ4v) is 2.49. The Kier molecular flexibility index (Phi) is 7.73. The van der Waals surface area contributed by atoms with E-state index in [1.165, 1.54) is 6.26 Å². The number of hydrogen-bond donors (Lipinski definition) is 2. The summed E-state index contributed by atoms with van der Waals surface area (Å²) < 4.78 is 27.4. The molecule has 0 bridgehead atoms. The van der Waals surface area contributed by atoms with Crippen molar-refractivity contribution in [1.29, 1.82) is 0 Å². The second-order valence-corrected chi connectivity index (χ2v) is 7.22. The Balaban J connectivity index is 2.53. The first-order chi connectivity index (χ1) is 10.4. The zero-order chi connectivity index (χ0) is 16.4. The maximum absolute atomic E-state index is 11.1. The Morgan fingerprint density at radius 2 is 2.09 bits per heavy atom. The standard InChI is InChI=1S/C15H25N3O3S/c1-4-16-15(17-9-6-10-22(3,19)20)18-12-13-7-5-8-14(11-13)21-2/h5,7-8,11H,4,6,9-10,12H2,1-3H3,(H2,16,17,18). The van der Waals surface area contributed by atoms with Crippen molar-refractivity contribution in [1.82, 2.24) is 10.6 Å². The molecule has 0 aliphatic rings. The van der Waals surface area contributed by atoms with Gasteiger partial charge in [-0.3, -0.25) is 0 Å². The highest BCUT2D eigenvalue weighted by atomic mass is 32.2. The zero-order valence-corrected chi connectivity index (χ0v) is 14.2. The molecule has 6 nitrogen and oxygen atoms in total. The number of sulfone groups is 1. The van der Waals surface area contributed by atoms with Gasteiger partial charge in [0.05, 0.1) is 19.4 Å². The summed E-state index contributed by atoms with van der Waals surface area (Å²) in [4.78, 5) is 4.48. The predicted octanol–water partition coefficient (Wildman–Crippen LogP) is 1.19. The molecule has 2 N–H and O–H groups in total. The van der Waals surface area contributed by atoms with Gasteiger partial charge in [-0.1, -0.05) is 12.1 Å². The van der Waals surface area contributed by atoms with Gasteiger partial charge in [0.2, 0.25) is 0 Å². The predicted molar refractivity (Wildman–Crippen MR) is 90.1 cm³/mol. The fourth-order valence-electron chi connectivity index (χ4n) is 1.82. The Bertz CT molecular complexity index is 585. The van der Waals surface area contributed by atoms with E-state index in [9.17, 15) is 8.42 Å². The number of nitrogens with zero attached hydrogens (tertiary/aromatic N) is 1. The van der Waals surface area contributed by atoms with Gasteiger partial charge in [-0.15, -0.1) is 0 Å². The lowest BCUT2D eigenvalue weighted by atomic mass is 10.2. The van der Waals surface area contributed by atoms with Crippen molar-refractivity contribution in [3.63, 3.8) is 0 Å². The molecule has 22 heavy (non-hydrogen) atoms. The van der Waals surface area contributed by atoms with E-state index >= 15 is 0 Å². The second-order valence-electron chi connectivity index (χ2n) is 4.96. The van der Waals surface area contributed by atoms with Crippen LogP contribution >= 0.6 is 0 Å². The Labute approximate surface area is 132 Å². The van der Waals surface area contributed by atoms with Crippen LogP contribution in [0, 0.1) is 0 Å². The summed E-state index contributed by atoms with van der Waals surface area (Å²) in [5.74, 6) is 1.66. The lowest BCUT2D eigenvalue weighted by Crippen LogP contribution is -2.38. The lowest BCUT2D eigenvalue weighted by molar-refractivity contribution is 0.414. The van der Waals surface area contributed by atoms with Gasteiger partial charge in [0.1, 0.15) is 15.6 Å². The van der Waals surface area contributed by atoms with Crippen molar-refractivity contribution in [2.75, 3.05) is 32.2 Å². The normalized spacial score (nSPS) is 12.0. The molecule has 0 unspecified atom stereocenters. The van der Waals surface area contributed by atoms with Crippen molar-refractivity contribution in [2.45, 2.75) is 19.9 Å². The van der Waals surface area contributed by atoms with Gasteiger partial charge in [-0.05, 0) is 31.0 Å². The van der Waals surface area contributed by atoms with E-state index in [4.69, 9.17) is 4.74 Å². The van der Waals surface area contributed by atoms with Gasteiger partial charge in [-0.25, -0.2) is 13.4 Å². The van der Waals surface area contributed by atoms with Crippen LogP contribution in [0.15, 0.2) is 29.3 Å². The Morgan fingerprint density at radius 1 is 1.32 bits per heavy atom. The first-order valence-electron chi connectivity index (χ1n) is 7.27. The van der Waals surface area contributed by atoms with E-state index in [2.05, 4.69) is 15.6 Å². The number of nitrogens with one attached hydrogen (secondary N) is 2. The summed E-state index contributed by atoms with van der Waals surface area (Å²) in [6.07, 6.45) is 1.80. The van der Waals surface area contributed by atoms with Crippen LogP contribution in [0.25, 0.3) is 0 Å². The number of hydrogen-bond acceptors (Lipinski definition) is 4. The molecule has 0 radical (unpaired) electrons. The summed E-state index contributed by atoms with van der Waals surface area (Å²) in [5.41, 5.74) is 1.05. The van der Waals surface area contributed by atoms with Gasteiger partial charge in [0, 0.05) is 19.3 Å². The molecule has 124 valence electrons. The molecule has 1 rings (SSSR count). The highest BCUT2D eigenvalue weighted by Gasteiger charge is 2.02. The van der Waals surface area contributed by atoms with E-state index in [1.54, 1.807) is 7.11 Å². The molecule has 0 aliphatic heterocycles. The van der Waals surface area contributed by atoms with E-state index in [1.807, 2.05) is 31.2 Å². The summed E-state index contributed by atoms with van der Waals surface area (Å²) >= 11 is 0. The highest BCUT2D eigenvalue weighted by Crippen LogP contribution is 2.13. The highest BCUT2D eigenvalue weighted by molar-refractivity contribution is 7.90. The maximum Gasteiger partial charge on any atom is 0.191 e. The molecule has 0 atom stereocenters. The van der Waals surface area contributed by atoms with E-state index in [-0.39, 0.29) is 5.75 Å². The second kappa shape index (κ2) is 9.30. The molecule has 0 amide bonds. The van der Waals surface area contributed by atoms with Crippen molar-refractivity contribution in [3.8, 4) is 5.75 Å². The minimum absolute atomic E-state index is 0.176. The SMILES string of the molecule is CCNC(=NCc1cccc(OC)c1)NCCCS(C)(=O)=O. The van der Waals surface area contributed by atoms with E-state index < -0.39 is 9.84 Å². The number of rotatable bonds is 8. The molecule has 0 aliphatic carbocycles.